The van der Waals surface area contributed by atoms with Gasteiger partial charge in [0.15, 0.2) is 11.5 Å². The Morgan fingerprint density at radius 2 is 1.95 bits per heavy atom. The summed E-state index contributed by atoms with van der Waals surface area (Å²) < 4.78 is 0. The van der Waals surface area contributed by atoms with Crippen molar-refractivity contribution in [3.63, 3.8) is 0 Å². The van der Waals surface area contributed by atoms with E-state index in [9.17, 15) is 4.79 Å². The Balaban J connectivity index is 2.30. The lowest BCUT2D eigenvalue weighted by Crippen LogP contribution is -2.17. The van der Waals surface area contributed by atoms with Crippen LogP contribution in [-0.2, 0) is 0 Å². The van der Waals surface area contributed by atoms with Gasteiger partial charge in [-0.05, 0) is 24.3 Å². The van der Waals surface area contributed by atoms with Gasteiger partial charge in [-0.15, -0.1) is 10.2 Å². The second-order valence-corrected chi connectivity index (χ2v) is 4.55. The number of anilines is 2. The standard InChI is InChI=1S/C13H13N5OS/c1-18(9-4-2-3-8(7-9)13(15)20)11-6-5-10(12(14)19)16-17-11/h2-7H,1H3,(H2,14,19)(H2,15,20). The summed E-state index contributed by atoms with van der Waals surface area (Å²) in [7, 11) is 1.83. The summed E-state index contributed by atoms with van der Waals surface area (Å²) in [6.45, 7) is 0. The Hall–Kier alpha value is -2.54. The van der Waals surface area contributed by atoms with Crippen molar-refractivity contribution in [1.82, 2.24) is 10.2 Å². The highest BCUT2D eigenvalue weighted by atomic mass is 32.1. The lowest BCUT2D eigenvalue weighted by Gasteiger charge is -2.18. The molecule has 0 aliphatic rings. The zero-order chi connectivity index (χ0) is 14.7. The molecule has 7 heteroatoms. The van der Waals surface area contributed by atoms with E-state index < -0.39 is 5.91 Å². The summed E-state index contributed by atoms with van der Waals surface area (Å²) in [5.41, 5.74) is 12.5. The van der Waals surface area contributed by atoms with Gasteiger partial charge in [0.2, 0.25) is 0 Å². The average molecular weight is 287 g/mol. The number of nitrogens with zero attached hydrogens (tertiary/aromatic N) is 3. The molecule has 0 aliphatic carbocycles. The van der Waals surface area contributed by atoms with E-state index in [0.29, 0.717) is 10.8 Å². The summed E-state index contributed by atoms with van der Waals surface area (Å²) in [6.07, 6.45) is 0. The zero-order valence-corrected chi connectivity index (χ0v) is 11.6. The van der Waals surface area contributed by atoms with Gasteiger partial charge < -0.3 is 16.4 Å². The van der Waals surface area contributed by atoms with Crippen LogP contribution in [0, 0.1) is 0 Å². The Morgan fingerprint density at radius 1 is 1.20 bits per heavy atom. The summed E-state index contributed by atoms with van der Waals surface area (Å²) >= 11 is 4.95. The molecule has 1 aromatic carbocycles. The van der Waals surface area contributed by atoms with Crippen LogP contribution in [0.25, 0.3) is 0 Å². The number of rotatable bonds is 4. The number of hydrogen-bond donors (Lipinski definition) is 2. The fourth-order valence-electron chi connectivity index (χ4n) is 1.64. The number of primary amides is 1. The smallest absolute Gasteiger partial charge is 0.269 e. The normalized spacial score (nSPS) is 10.1. The Morgan fingerprint density at radius 3 is 2.50 bits per heavy atom. The van der Waals surface area contributed by atoms with Crippen molar-refractivity contribution in [2.45, 2.75) is 0 Å². The molecule has 0 saturated carbocycles. The molecule has 1 amide bonds. The van der Waals surface area contributed by atoms with E-state index in [0.717, 1.165) is 11.3 Å². The average Bonchev–Trinajstić information content (AvgIpc) is 2.46. The fourth-order valence-corrected chi connectivity index (χ4v) is 1.76. The molecule has 0 fully saturated rings. The largest absolute Gasteiger partial charge is 0.389 e. The Bertz CT molecular complexity index is 656. The van der Waals surface area contributed by atoms with Crippen LogP contribution in [0.4, 0.5) is 11.5 Å². The minimum absolute atomic E-state index is 0.124. The Labute approximate surface area is 121 Å². The molecular weight excluding hydrogens is 274 g/mol. The van der Waals surface area contributed by atoms with E-state index in [1.165, 1.54) is 6.07 Å². The van der Waals surface area contributed by atoms with E-state index in [-0.39, 0.29) is 5.69 Å². The number of carbonyl (C=O) groups is 1. The minimum Gasteiger partial charge on any atom is -0.389 e. The summed E-state index contributed by atoms with van der Waals surface area (Å²) in [5.74, 6) is -0.0303. The van der Waals surface area contributed by atoms with Gasteiger partial charge in [-0.3, -0.25) is 4.79 Å². The molecule has 0 bridgehead atoms. The number of amides is 1. The van der Waals surface area contributed by atoms with Crippen molar-refractivity contribution in [3.05, 3.63) is 47.7 Å². The van der Waals surface area contributed by atoms with E-state index >= 15 is 0 Å². The molecule has 0 spiro atoms. The SMILES string of the molecule is CN(c1cccc(C(N)=S)c1)c1ccc(C(N)=O)nn1. The molecule has 0 saturated heterocycles. The van der Waals surface area contributed by atoms with Crippen LogP contribution in [0.5, 0.6) is 0 Å². The molecule has 2 aromatic rings. The first-order valence-corrected chi connectivity index (χ1v) is 6.17. The molecule has 1 heterocycles. The van der Waals surface area contributed by atoms with Crippen LogP contribution >= 0.6 is 12.2 Å². The number of carbonyl (C=O) groups excluding carboxylic acids is 1. The van der Waals surface area contributed by atoms with Crippen LogP contribution in [0.3, 0.4) is 0 Å². The lowest BCUT2D eigenvalue weighted by molar-refractivity contribution is 0.0994. The first-order chi connectivity index (χ1) is 9.49. The second-order valence-electron chi connectivity index (χ2n) is 4.11. The predicted octanol–water partition coefficient (Wildman–Crippen LogP) is 0.978. The summed E-state index contributed by atoms with van der Waals surface area (Å²) in [5, 5.41) is 7.73. The van der Waals surface area contributed by atoms with E-state index in [4.69, 9.17) is 23.7 Å². The van der Waals surface area contributed by atoms with Crippen molar-refractivity contribution in [2.24, 2.45) is 11.5 Å². The Kier molecular flexibility index (Phi) is 3.90. The first kappa shape index (κ1) is 13.9. The van der Waals surface area contributed by atoms with Gasteiger partial charge in [-0.25, -0.2) is 0 Å². The second kappa shape index (κ2) is 5.62. The molecule has 20 heavy (non-hydrogen) atoms. The first-order valence-electron chi connectivity index (χ1n) is 5.76. The lowest BCUT2D eigenvalue weighted by atomic mass is 10.2. The molecule has 2 rings (SSSR count). The highest BCUT2D eigenvalue weighted by Gasteiger charge is 2.09. The highest BCUT2D eigenvalue weighted by Crippen LogP contribution is 2.22. The van der Waals surface area contributed by atoms with Crippen LogP contribution in [0.1, 0.15) is 16.1 Å². The van der Waals surface area contributed by atoms with Crippen molar-refractivity contribution in [2.75, 3.05) is 11.9 Å². The molecule has 102 valence electrons. The van der Waals surface area contributed by atoms with Gasteiger partial charge in [-0.2, -0.15) is 0 Å². The third kappa shape index (κ3) is 2.89. The molecule has 1 aromatic heterocycles. The molecule has 0 unspecified atom stereocenters. The van der Waals surface area contributed by atoms with Crippen LogP contribution < -0.4 is 16.4 Å². The third-order valence-corrected chi connectivity index (χ3v) is 3.00. The molecular formula is C13H13N5OS. The maximum absolute atomic E-state index is 10.9. The van der Waals surface area contributed by atoms with E-state index in [2.05, 4.69) is 10.2 Å². The quantitative estimate of drug-likeness (QED) is 0.813. The number of benzene rings is 1. The molecule has 0 atom stereocenters. The van der Waals surface area contributed by atoms with Gasteiger partial charge >= 0.3 is 0 Å². The van der Waals surface area contributed by atoms with E-state index in [1.54, 1.807) is 11.0 Å². The molecule has 0 radical (unpaired) electrons. The van der Waals surface area contributed by atoms with Crippen molar-refractivity contribution in [1.29, 1.82) is 0 Å². The van der Waals surface area contributed by atoms with E-state index in [1.807, 2.05) is 31.3 Å². The van der Waals surface area contributed by atoms with Crippen LogP contribution in [0.15, 0.2) is 36.4 Å². The molecule has 0 aliphatic heterocycles. The van der Waals surface area contributed by atoms with Crippen molar-refractivity contribution in [3.8, 4) is 0 Å². The summed E-state index contributed by atoms with van der Waals surface area (Å²) in [6, 6.07) is 10.6. The van der Waals surface area contributed by atoms with Gasteiger partial charge in [0.1, 0.15) is 4.99 Å². The van der Waals surface area contributed by atoms with Gasteiger partial charge in [0.25, 0.3) is 5.91 Å². The molecule has 4 N–H and O–H groups in total. The van der Waals surface area contributed by atoms with Crippen molar-refractivity contribution >= 4 is 34.6 Å². The monoisotopic (exact) mass is 287 g/mol. The predicted molar refractivity (Wildman–Crippen MR) is 80.9 cm³/mol. The van der Waals surface area contributed by atoms with Gasteiger partial charge in [0, 0.05) is 18.3 Å². The zero-order valence-electron chi connectivity index (χ0n) is 10.8. The highest BCUT2D eigenvalue weighted by molar-refractivity contribution is 7.80. The van der Waals surface area contributed by atoms with Crippen LogP contribution in [0.2, 0.25) is 0 Å². The number of nitrogens with two attached hydrogens (primary N) is 2. The number of thiocarbonyl (C=S) groups is 1. The maximum Gasteiger partial charge on any atom is 0.269 e. The summed E-state index contributed by atoms with van der Waals surface area (Å²) in [4.78, 5) is 13.1. The van der Waals surface area contributed by atoms with Crippen molar-refractivity contribution < 1.29 is 4.79 Å². The topological polar surface area (TPSA) is 98.1 Å². The number of aromatic nitrogens is 2. The van der Waals surface area contributed by atoms with Gasteiger partial charge in [0.05, 0.1) is 0 Å². The third-order valence-electron chi connectivity index (χ3n) is 2.76. The number of hydrogen-bond acceptors (Lipinski definition) is 5. The minimum atomic E-state index is -0.609. The molecule has 6 nitrogen and oxygen atoms in total. The van der Waals surface area contributed by atoms with Gasteiger partial charge in [-0.1, -0.05) is 24.4 Å². The fraction of sp³-hybridized carbons (Fsp3) is 0.0769. The van der Waals surface area contributed by atoms with Crippen LogP contribution in [-0.4, -0.2) is 28.1 Å². The maximum atomic E-state index is 10.9.